The third kappa shape index (κ3) is 3.93. The van der Waals surface area contributed by atoms with Gasteiger partial charge in [-0.3, -0.25) is 14.4 Å². The Balaban J connectivity index is 2.29. The number of nitrogens with zero attached hydrogens (tertiary/aromatic N) is 2. The molecule has 1 saturated heterocycles. The van der Waals surface area contributed by atoms with Crippen molar-refractivity contribution in [2.75, 3.05) is 13.1 Å². The summed E-state index contributed by atoms with van der Waals surface area (Å²) in [7, 11) is 0. The first-order valence-corrected chi connectivity index (χ1v) is 8.97. The first kappa shape index (κ1) is 22.0. The van der Waals surface area contributed by atoms with Gasteiger partial charge in [0.15, 0.2) is 0 Å². The van der Waals surface area contributed by atoms with Gasteiger partial charge >= 0.3 is 12.1 Å². The fourth-order valence-electron chi connectivity index (χ4n) is 4.07. The lowest BCUT2D eigenvalue weighted by Crippen LogP contribution is -2.60. The number of amides is 3. The van der Waals surface area contributed by atoms with Crippen molar-refractivity contribution >= 4 is 17.7 Å². The van der Waals surface area contributed by atoms with Crippen molar-refractivity contribution in [3.8, 4) is 6.07 Å². The van der Waals surface area contributed by atoms with E-state index in [9.17, 15) is 27.6 Å². The Kier molecular flexibility index (Phi) is 5.45. The number of piperidine rings is 1. The van der Waals surface area contributed by atoms with Gasteiger partial charge < -0.3 is 15.5 Å². The van der Waals surface area contributed by atoms with Crippen molar-refractivity contribution in [2.45, 2.75) is 52.9 Å². The van der Waals surface area contributed by atoms with Crippen LogP contribution >= 0.6 is 0 Å². The van der Waals surface area contributed by atoms with Crippen molar-refractivity contribution in [3.63, 3.8) is 0 Å². The van der Waals surface area contributed by atoms with E-state index in [0.29, 0.717) is 0 Å². The van der Waals surface area contributed by atoms with Gasteiger partial charge in [0, 0.05) is 6.54 Å². The quantitative estimate of drug-likeness (QED) is 0.690. The van der Waals surface area contributed by atoms with Crippen LogP contribution in [-0.2, 0) is 14.4 Å². The van der Waals surface area contributed by atoms with Gasteiger partial charge in [-0.05, 0) is 22.7 Å². The highest BCUT2D eigenvalue weighted by Gasteiger charge is 2.69. The zero-order chi connectivity index (χ0) is 21.7. The van der Waals surface area contributed by atoms with Crippen molar-refractivity contribution in [1.82, 2.24) is 15.5 Å². The number of nitriles is 1. The minimum absolute atomic E-state index is 0.0354. The summed E-state index contributed by atoms with van der Waals surface area (Å²) in [4.78, 5) is 38.4. The summed E-state index contributed by atoms with van der Waals surface area (Å²) >= 11 is 0. The second-order valence-corrected chi connectivity index (χ2v) is 9.04. The number of carbonyl (C=O) groups excluding carboxylic acids is 3. The van der Waals surface area contributed by atoms with E-state index in [4.69, 9.17) is 5.26 Å². The number of alkyl halides is 3. The highest BCUT2D eigenvalue weighted by atomic mass is 19.4. The van der Waals surface area contributed by atoms with E-state index in [-0.39, 0.29) is 30.3 Å². The maximum absolute atomic E-state index is 13.1. The van der Waals surface area contributed by atoms with Gasteiger partial charge in [0.25, 0.3) is 0 Å². The summed E-state index contributed by atoms with van der Waals surface area (Å²) < 4.78 is 38.2. The standard InChI is InChI=1S/C18H25F3N4O3/c1-16(2,3)12(24-15(28)18(19,20)21)14(27)25-8-9-10(17(9,4)5)11(25)13(26)23-7-6-22/h9-12H,7-8H2,1-5H3,(H,23,26)(H,24,28)/t9-,10-,11-,12+/m0/s1. The summed E-state index contributed by atoms with van der Waals surface area (Å²) in [5, 5.41) is 12.9. The molecule has 0 spiro atoms. The zero-order valence-corrected chi connectivity index (χ0v) is 16.5. The van der Waals surface area contributed by atoms with Crippen LogP contribution in [0.2, 0.25) is 0 Å². The molecule has 0 aromatic rings. The molecular weight excluding hydrogens is 377 g/mol. The molecule has 0 bridgehead atoms. The predicted molar refractivity (Wildman–Crippen MR) is 92.3 cm³/mol. The van der Waals surface area contributed by atoms with E-state index in [1.165, 1.54) is 25.7 Å². The Bertz CT molecular complexity index is 721. The lowest BCUT2D eigenvalue weighted by Gasteiger charge is -2.37. The minimum atomic E-state index is -5.12. The Labute approximate surface area is 161 Å². The lowest BCUT2D eigenvalue weighted by atomic mass is 9.85. The van der Waals surface area contributed by atoms with Crippen molar-refractivity contribution < 1.29 is 27.6 Å². The van der Waals surface area contributed by atoms with Crippen LogP contribution < -0.4 is 10.6 Å². The van der Waals surface area contributed by atoms with Gasteiger partial charge in [0.1, 0.15) is 18.6 Å². The molecule has 3 amide bonds. The average Bonchev–Trinajstić information content (AvgIpc) is 2.92. The number of hydrogen-bond acceptors (Lipinski definition) is 4. The van der Waals surface area contributed by atoms with Crippen molar-refractivity contribution in [2.24, 2.45) is 22.7 Å². The van der Waals surface area contributed by atoms with Crippen molar-refractivity contribution in [3.05, 3.63) is 0 Å². The third-order valence-electron chi connectivity index (χ3n) is 5.75. The number of hydrogen-bond donors (Lipinski definition) is 2. The molecule has 1 aliphatic heterocycles. The molecule has 1 heterocycles. The average molecular weight is 402 g/mol. The molecule has 7 nitrogen and oxygen atoms in total. The van der Waals surface area contributed by atoms with Gasteiger partial charge in [-0.15, -0.1) is 0 Å². The van der Waals surface area contributed by atoms with Crippen LogP contribution in [-0.4, -0.2) is 54.0 Å². The normalized spacial score (nSPS) is 26.7. The topological polar surface area (TPSA) is 102 Å². The van der Waals surface area contributed by atoms with Gasteiger partial charge in [-0.25, -0.2) is 0 Å². The molecule has 0 aromatic carbocycles. The van der Waals surface area contributed by atoms with E-state index >= 15 is 0 Å². The monoisotopic (exact) mass is 402 g/mol. The maximum Gasteiger partial charge on any atom is 0.471 e. The molecule has 28 heavy (non-hydrogen) atoms. The van der Waals surface area contributed by atoms with Crippen LogP contribution in [0.3, 0.4) is 0 Å². The maximum atomic E-state index is 13.1. The number of rotatable bonds is 4. The molecule has 2 N–H and O–H groups in total. The van der Waals surface area contributed by atoms with Gasteiger partial charge in [-0.2, -0.15) is 18.4 Å². The number of likely N-dealkylation sites (tertiary alicyclic amines) is 1. The molecule has 1 aliphatic carbocycles. The molecule has 2 rings (SSSR count). The largest absolute Gasteiger partial charge is 0.471 e. The zero-order valence-electron chi connectivity index (χ0n) is 16.5. The predicted octanol–water partition coefficient (Wildman–Crippen LogP) is 1.20. The minimum Gasteiger partial charge on any atom is -0.341 e. The number of fused-ring (bicyclic) bond motifs is 1. The third-order valence-corrected chi connectivity index (χ3v) is 5.75. The van der Waals surface area contributed by atoms with E-state index in [0.717, 1.165) is 0 Å². The van der Waals surface area contributed by atoms with Crippen LogP contribution in [0.25, 0.3) is 0 Å². The van der Waals surface area contributed by atoms with E-state index in [1.54, 1.807) is 11.4 Å². The number of halogens is 3. The first-order valence-electron chi connectivity index (χ1n) is 8.97. The Hall–Kier alpha value is -2.31. The lowest BCUT2D eigenvalue weighted by molar-refractivity contribution is -0.176. The second kappa shape index (κ2) is 6.94. The highest BCUT2D eigenvalue weighted by molar-refractivity contribution is 5.94. The number of nitrogens with one attached hydrogen (secondary N) is 2. The SMILES string of the molecule is CC(C)(C)[C@H](NC(=O)C(F)(F)F)C(=O)N1C[C@H]2[C@@H]([C@H]1C(=O)NCC#N)C2(C)C. The molecule has 2 fully saturated rings. The molecular formula is C18H25F3N4O3. The Morgan fingerprint density at radius 3 is 2.29 bits per heavy atom. The summed E-state index contributed by atoms with van der Waals surface area (Å²) in [5.74, 6) is -3.55. The fraction of sp³-hybridized carbons (Fsp3) is 0.778. The van der Waals surface area contributed by atoms with Crippen LogP contribution in [0.5, 0.6) is 0 Å². The second-order valence-electron chi connectivity index (χ2n) is 9.04. The summed E-state index contributed by atoms with van der Waals surface area (Å²) in [6, 6.07) is -0.544. The van der Waals surface area contributed by atoms with Crippen LogP contribution in [0, 0.1) is 34.0 Å². The summed E-state index contributed by atoms with van der Waals surface area (Å²) in [5.41, 5.74) is -1.19. The van der Waals surface area contributed by atoms with Crippen LogP contribution in [0.1, 0.15) is 34.6 Å². The molecule has 10 heteroatoms. The van der Waals surface area contributed by atoms with Gasteiger partial charge in [-0.1, -0.05) is 34.6 Å². The smallest absolute Gasteiger partial charge is 0.341 e. The van der Waals surface area contributed by atoms with Gasteiger partial charge in [0.2, 0.25) is 11.8 Å². The molecule has 156 valence electrons. The van der Waals surface area contributed by atoms with Crippen LogP contribution in [0.4, 0.5) is 13.2 Å². The highest BCUT2D eigenvalue weighted by Crippen LogP contribution is 2.65. The first-order chi connectivity index (χ1) is 12.6. The molecule has 0 aromatic heterocycles. The molecule has 1 saturated carbocycles. The van der Waals surface area contributed by atoms with Gasteiger partial charge in [0.05, 0.1) is 6.07 Å². The number of carbonyl (C=O) groups is 3. The van der Waals surface area contributed by atoms with E-state index in [2.05, 4.69) is 5.32 Å². The molecule has 2 aliphatic rings. The molecule has 0 unspecified atom stereocenters. The molecule has 0 radical (unpaired) electrons. The Morgan fingerprint density at radius 2 is 1.82 bits per heavy atom. The molecule has 4 atom stereocenters. The van der Waals surface area contributed by atoms with E-state index in [1.807, 2.05) is 13.8 Å². The Morgan fingerprint density at radius 1 is 1.25 bits per heavy atom. The van der Waals surface area contributed by atoms with E-state index < -0.39 is 41.4 Å². The summed E-state index contributed by atoms with van der Waals surface area (Å²) in [6.45, 7) is 8.52. The fourth-order valence-corrected chi connectivity index (χ4v) is 4.07. The van der Waals surface area contributed by atoms with Crippen LogP contribution in [0.15, 0.2) is 0 Å². The summed E-state index contributed by atoms with van der Waals surface area (Å²) in [6.07, 6.45) is -5.12. The van der Waals surface area contributed by atoms with Crippen molar-refractivity contribution in [1.29, 1.82) is 5.26 Å².